The summed E-state index contributed by atoms with van der Waals surface area (Å²) in [5, 5.41) is 0. The van der Waals surface area contributed by atoms with Crippen LogP contribution in [0.4, 0.5) is 0 Å². The lowest BCUT2D eigenvalue weighted by Gasteiger charge is -2.32. The van der Waals surface area contributed by atoms with Crippen molar-refractivity contribution in [1.82, 2.24) is 9.55 Å². The van der Waals surface area contributed by atoms with Gasteiger partial charge in [-0.25, -0.2) is 4.98 Å². The zero-order valence-electron chi connectivity index (χ0n) is 14.3. The van der Waals surface area contributed by atoms with Crippen LogP contribution in [-0.2, 0) is 11.8 Å². The topological polar surface area (TPSA) is 36.3 Å². The van der Waals surface area contributed by atoms with E-state index in [0.29, 0.717) is 6.61 Å². The molecule has 0 radical (unpaired) electrons. The number of rotatable bonds is 3. The van der Waals surface area contributed by atoms with Crippen LogP contribution < -0.4 is 4.74 Å². The predicted molar refractivity (Wildman–Crippen MR) is 94.2 cm³/mol. The minimum atomic E-state index is -0.0110. The van der Waals surface area contributed by atoms with Crippen LogP contribution in [0.15, 0.2) is 42.5 Å². The summed E-state index contributed by atoms with van der Waals surface area (Å²) >= 11 is 0. The third-order valence-electron chi connectivity index (χ3n) is 4.84. The van der Waals surface area contributed by atoms with Crippen molar-refractivity contribution < 1.29 is 9.47 Å². The Bertz CT molecular complexity index is 870. The minimum Gasteiger partial charge on any atom is -0.483 e. The molecule has 4 rings (SSSR count). The van der Waals surface area contributed by atoms with Crippen molar-refractivity contribution in [3.63, 3.8) is 0 Å². The summed E-state index contributed by atoms with van der Waals surface area (Å²) in [6.07, 6.45) is 0.848. The second-order valence-corrected chi connectivity index (χ2v) is 6.27. The van der Waals surface area contributed by atoms with E-state index in [1.165, 1.54) is 5.56 Å². The normalized spacial score (nSPS) is 20.0. The standard InChI is InChI=1S/C20H22N2O2/c1-4-23-18-12-17(14-8-6-5-7-9-14)24-20-15(18)10-11-16-19(20)21-13(2)22(16)3/h5-11,17-18H,4,12H2,1-3H3. The van der Waals surface area contributed by atoms with Gasteiger partial charge in [-0.3, -0.25) is 0 Å². The van der Waals surface area contributed by atoms with Crippen LogP contribution in [0.1, 0.15) is 42.5 Å². The summed E-state index contributed by atoms with van der Waals surface area (Å²) in [4.78, 5) is 4.73. The van der Waals surface area contributed by atoms with E-state index in [4.69, 9.17) is 14.5 Å². The summed E-state index contributed by atoms with van der Waals surface area (Å²) in [7, 11) is 2.04. The molecule has 1 aliphatic rings. The average Bonchev–Trinajstić information content (AvgIpc) is 2.91. The molecule has 0 aliphatic carbocycles. The first-order chi connectivity index (χ1) is 11.7. The Kier molecular flexibility index (Phi) is 3.77. The van der Waals surface area contributed by atoms with Crippen molar-refractivity contribution in [3.05, 3.63) is 59.4 Å². The van der Waals surface area contributed by atoms with Gasteiger partial charge in [0.25, 0.3) is 0 Å². The molecule has 2 heterocycles. The molecule has 2 unspecified atom stereocenters. The van der Waals surface area contributed by atoms with Crippen LogP contribution in [0.5, 0.6) is 5.75 Å². The molecule has 0 spiro atoms. The van der Waals surface area contributed by atoms with E-state index in [9.17, 15) is 0 Å². The Hall–Kier alpha value is -2.33. The molecule has 2 atom stereocenters. The Morgan fingerprint density at radius 2 is 2.00 bits per heavy atom. The van der Waals surface area contributed by atoms with Crippen molar-refractivity contribution >= 4 is 11.0 Å². The molecule has 1 aliphatic heterocycles. The third kappa shape index (κ3) is 2.38. The lowest BCUT2D eigenvalue weighted by Crippen LogP contribution is -2.21. The number of hydrogen-bond donors (Lipinski definition) is 0. The molecule has 4 heteroatoms. The second kappa shape index (κ2) is 5.95. The van der Waals surface area contributed by atoms with Crippen LogP contribution in [0.2, 0.25) is 0 Å². The second-order valence-electron chi connectivity index (χ2n) is 6.27. The summed E-state index contributed by atoms with van der Waals surface area (Å²) in [6.45, 7) is 4.74. The molecule has 0 N–H and O–H groups in total. The number of nitrogens with zero attached hydrogens (tertiary/aromatic N) is 2. The lowest BCUT2D eigenvalue weighted by molar-refractivity contribution is 0.00643. The van der Waals surface area contributed by atoms with Crippen molar-refractivity contribution in [3.8, 4) is 5.75 Å². The first-order valence-electron chi connectivity index (χ1n) is 8.48. The van der Waals surface area contributed by atoms with Gasteiger partial charge in [-0.2, -0.15) is 0 Å². The number of aryl methyl sites for hydroxylation is 2. The summed E-state index contributed by atoms with van der Waals surface area (Å²) in [6, 6.07) is 14.6. The van der Waals surface area contributed by atoms with E-state index in [1.54, 1.807) is 0 Å². The maximum Gasteiger partial charge on any atom is 0.153 e. The van der Waals surface area contributed by atoms with Gasteiger partial charge in [0.15, 0.2) is 5.75 Å². The molecule has 0 saturated heterocycles. The smallest absolute Gasteiger partial charge is 0.153 e. The lowest BCUT2D eigenvalue weighted by atomic mass is 9.94. The van der Waals surface area contributed by atoms with E-state index in [-0.39, 0.29) is 12.2 Å². The van der Waals surface area contributed by atoms with Gasteiger partial charge in [-0.15, -0.1) is 0 Å². The van der Waals surface area contributed by atoms with Crippen molar-refractivity contribution in [2.24, 2.45) is 7.05 Å². The maximum absolute atomic E-state index is 6.42. The number of fused-ring (bicyclic) bond motifs is 3. The Labute approximate surface area is 142 Å². The van der Waals surface area contributed by atoms with E-state index in [0.717, 1.165) is 34.6 Å². The number of imidazole rings is 1. The minimum absolute atomic E-state index is 0.0110. The van der Waals surface area contributed by atoms with E-state index >= 15 is 0 Å². The summed E-state index contributed by atoms with van der Waals surface area (Å²) < 4.78 is 14.6. The molecule has 0 amide bonds. The van der Waals surface area contributed by atoms with E-state index in [1.807, 2.05) is 27.0 Å². The number of benzene rings is 2. The highest BCUT2D eigenvalue weighted by atomic mass is 16.5. The third-order valence-corrected chi connectivity index (χ3v) is 4.84. The first-order valence-corrected chi connectivity index (χ1v) is 8.48. The molecule has 0 saturated carbocycles. The van der Waals surface area contributed by atoms with E-state index in [2.05, 4.69) is 41.0 Å². The van der Waals surface area contributed by atoms with Crippen molar-refractivity contribution in [2.75, 3.05) is 6.61 Å². The molecule has 1 aromatic heterocycles. The fraction of sp³-hybridized carbons (Fsp3) is 0.350. The van der Waals surface area contributed by atoms with Gasteiger partial charge < -0.3 is 14.0 Å². The van der Waals surface area contributed by atoms with Gasteiger partial charge in [-0.05, 0) is 25.5 Å². The Morgan fingerprint density at radius 1 is 1.21 bits per heavy atom. The van der Waals surface area contributed by atoms with Crippen LogP contribution in [-0.4, -0.2) is 16.2 Å². The van der Waals surface area contributed by atoms with E-state index < -0.39 is 0 Å². The molecule has 4 nitrogen and oxygen atoms in total. The molecular formula is C20H22N2O2. The Morgan fingerprint density at radius 3 is 2.75 bits per heavy atom. The number of aromatic nitrogens is 2. The highest BCUT2D eigenvalue weighted by molar-refractivity contribution is 5.84. The van der Waals surface area contributed by atoms with Gasteiger partial charge in [0.1, 0.15) is 17.4 Å². The molecule has 0 fully saturated rings. The van der Waals surface area contributed by atoms with Gasteiger partial charge in [0.2, 0.25) is 0 Å². The van der Waals surface area contributed by atoms with Crippen LogP contribution in [0, 0.1) is 6.92 Å². The quantitative estimate of drug-likeness (QED) is 0.713. The highest BCUT2D eigenvalue weighted by Gasteiger charge is 2.32. The molecule has 24 heavy (non-hydrogen) atoms. The molecule has 3 aromatic rings. The van der Waals surface area contributed by atoms with Gasteiger partial charge in [-0.1, -0.05) is 36.4 Å². The molecule has 2 aromatic carbocycles. The fourth-order valence-corrected chi connectivity index (χ4v) is 3.49. The van der Waals surface area contributed by atoms with Crippen molar-refractivity contribution in [2.45, 2.75) is 32.5 Å². The van der Waals surface area contributed by atoms with Gasteiger partial charge >= 0.3 is 0 Å². The van der Waals surface area contributed by atoms with Crippen molar-refractivity contribution in [1.29, 1.82) is 0 Å². The highest BCUT2D eigenvalue weighted by Crippen LogP contribution is 2.45. The van der Waals surface area contributed by atoms with Crippen LogP contribution in [0.25, 0.3) is 11.0 Å². The molecular weight excluding hydrogens is 300 g/mol. The monoisotopic (exact) mass is 322 g/mol. The summed E-state index contributed by atoms with van der Waals surface area (Å²) in [5.41, 5.74) is 4.31. The van der Waals surface area contributed by atoms with Crippen LogP contribution in [0.3, 0.4) is 0 Å². The largest absolute Gasteiger partial charge is 0.483 e. The number of hydrogen-bond acceptors (Lipinski definition) is 3. The van der Waals surface area contributed by atoms with Crippen LogP contribution >= 0.6 is 0 Å². The van der Waals surface area contributed by atoms with Gasteiger partial charge in [0.05, 0.1) is 11.6 Å². The van der Waals surface area contributed by atoms with Gasteiger partial charge in [0, 0.05) is 25.6 Å². The SMILES string of the molecule is CCOC1CC(c2ccccc2)Oc2c1ccc1c2nc(C)n1C. The maximum atomic E-state index is 6.42. The summed E-state index contributed by atoms with van der Waals surface area (Å²) in [5.74, 6) is 1.85. The average molecular weight is 322 g/mol. The molecule has 0 bridgehead atoms. The predicted octanol–water partition coefficient (Wildman–Crippen LogP) is 4.48. The number of ether oxygens (including phenoxy) is 2. The fourth-order valence-electron chi connectivity index (χ4n) is 3.49. The zero-order chi connectivity index (χ0) is 16.7. The zero-order valence-corrected chi connectivity index (χ0v) is 14.3. The first kappa shape index (κ1) is 15.2. The molecule has 124 valence electrons. The Balaban J connectivity index is 1.85.